The van der Waals surface area contributed by atoms with Gasteiger partial charge in [-0.3, -0.25) is 0 Å². The van der Waals surface area contributed by atoms with Gasteiger partial charge in [0.1, 0.15) is 0 Å². The van der Waals surface area contributed by atoms with Crippen molar-refractivity contribution in [2.24, 2.45) is 0 Å². The second kappa shape index (κ2) is 5.54. The summed E-state index contributed by atoms with van der Waals surface area (Å²) < 4.78 is 31.1. The number of benzene rings is 1. The van der Waals surface area contributed by atoms with E-state index >= 15 is 0 Å². The van der Waals surface area contributed by atoms with Gasteiger partial charge in [0.25, 0.3) is 0 Å². The Balaban J connectivity index is 2.50. The zero-order valence-corrected chi connectivity index (χ0v) is 11.6. The Kier molecular flexibility index (Phi) is 3.99. The van der Waals surface area contributed by atoms with Gasteiger partial charge in [0.05, 0.1) is 18.7 Å². The maximum atomic E-state index is 13.4. The van der Waals surface area contributed by atoms with Gasteiger partial charge >= 0.3 is 5.97 Å². The van der Waals surface area contributed by atoms with Crippen molar-refractivity contribution < 1.29 is 18.3 Å². The molecule has 1 aromatic rings. The van der Waals surface area contributed by atoms with Gasteiger partial charge in [0, 0.05) is 5.70 Å². The zero-order chi connectivity index (χ0) is 14.9. The molecule has 0 aliphatic carbocycles. The van der Waals surface area contributed by atoms with Crippen LogP contribution in [-0.4, -0.2) is 18.2 Å². The number of hydrogen-bond acceptors (Lipinski definition) is 3. The predicted molar refractivity (Wildman–Crippen MR) is 72.7 cm³/mol. The summed E-state index contributed by atoms with van der Waals surface area (Å²) in [6, 6.07) is 2.73. The Morgan fingerprint density at radius 1 is 1.35 bits per heavy atom. The van der Waals surface area contributed by atoms with Gasteiger partial charge < -0.3 is 15.4 Å². The van der Waals surface area contributed by atoms with Crippen LogP contribution in [0.3, 0.4) is 0 Å². The van der Waals surface area contributed by atoms with Crippen molar-refractivity contribution in [1.29, 1.82) is 0 Å². The summed E-state index contributed by atoms with van der Waals surface area (Å²) in [6.07, 6.45) is 0. The van der Waals surface area contributed by atoms with Crippen molar-refractivity contribution in [3.8, 4) is 0 Å². The van der Waals surface area contributed by atoms with Crippen LogP contribution >= 0.6 is 12.2 Å². The van der Waals surface area contributed by atoms with Crippen LogP contribution in [0.25, 0.3) is 0 Å². The minimum atomic E-state index is -0.990. The molecule has 2 rings (SSSR count). The summed E-state index contributed by atoms with van der Waals surface area (Å²) in [7, 11) is 1.25. The first-order valence-corrected chi connectivity index (χ1v) is 6.16. The summed E-state index contributed by atoms with van der Waals surface area (Å²) in [5.74, 6) is -2.51. The maximum absolute atomic E-state index is 13.4. The molecule has 0 unspecified atom stereocenters. The molecule has 1 aliphatic rings. The molecule has 106 valence electrons. The predicted octanol–water partition coefficient (Wildman–Crippen LogP) is 1.93. The fourth-order valence-electron chi connectivity index (χ4n) is 2.02. The van der Waals surface area contributed by atoms with Gasteiger partial charge in [-0.1, -0.05) is 6.07 Å². The number of carbonyl (C=O) groups excluding carboxylic acids is 1. The van der Waals surface area contributed by atoms with Crippen molar-refractivity contribution >= 4 is 23.3 Å². The van der Waals surface area contributed by atoms with Crippen LogP contribution in [0, 0.1) is 11.6 Å². The number of ether oxygens (including phenoxy) is 1. The molecule has 4 nitrogen and oxygen atoms in total. The van der Waals surface area contributed by atoms with Crippen LogP contribution in [0.15, 0.2) is 29.5 Å². The third kappa shape index (κ3) is 2.62. The Morgan fingerprint density at radius 3 is 2.65 bits per heavy atom. The molecule has 0 saturated heterocycles. The van der Waals surface area contributed by atoms with E-state index in [1.165, 1.54) is 13.2 Å². The minimum absolute atomic E-state index is 0.270. The molecule has 7 heteroatoms. The molecule has 0 saturated carbocycles. The number of thiocarbonyl (C=S) groups is 1. The standard InChI is InChI=1S/C13H12F2N2O2S/c1-6-10(12(18)19-2)11(17-13(20)16-6)7-3-4-8(14)9(15)5-7/h3-5,11H,1-2H3,(H2,16,17,20)/t11-/m1/s1. The van der Waals surface area contributed by atoms with Crippen molar-refractivity contribution in [3.05, 3.63) is 46.7 Å². The largest absolute Gasteiger partial charge is 0.466 e. The molecule has 20 heavy (non-hydrogen) atoms. The van der Waals surface area contributed by atoms with Crippen LogP contribution in [0.5, 0.6) is 0 Å². The number of hydrogen-bond donors (Lipinski definition) is 2. The molecule has 2 N–H and O–H groups in total. The molecular weight excluding hydrogens is 286 g/mol. The van der Waals surface area contributed by atoms with Crippen LogP contribution in [0.4, 0.5) is 8.78 Å². The summed E-state index contributed by atoms with van der Waals surface area (Å²) in [6.45, 7) is 1.66. The van der Waals surface area contributed by atoms with Gasteiger partial charge in [-0.05, 0) is 36.8 Å². The second-order valence-corrected chi connectivity index (χ2v) is 4.64. The van der Waals surface area contributed by atoms with E-state index < -0.39 is 23.6 Å². The van der Waals surface area contributed by atoms with Crippen LogP contribution in [0.2, 0.25) is 0 Å². The smallest absolute Gasteiger partial charge is 0.337 e. The first-order valence-electron chi connectivity index (χ1n) is 5.75. The molecule has 0 fully saturated rings. The van der Waals surface area contributed by atoms with Crippen molar-refractivity contribution in [1.82, 2.24) is 10.6 Å². The van der Waals surface area contributed by atoms with Crippen molar-refractivity contribution in [3.63, 3.8) is 0 Å². The SMILES string of the molecule is COC(=O)C1=C(C)NC(=S)N[C@@H]1c1ccc(F)c(F)c1. The highest BCUT2D eigenvalue weighted by Gasteiger charge is 2.30. The molecular formula is C13H12F2N2O2S. The molecule has 0 amide bonds. The quantitative estimate of drug-likeness (QED) is 0.645. The van der Waals surface area contributed by atoms with E-state index in [0.717, 1.165) is 12.1 Å². The highest BCUT2D eigenvalue weighted by Crippen LogP contribution is 2.28. The number of carbonyl (C=O) groups is 1. The average Bonchev–Trinajstić information content (AvgIpc) is 2.40. The lowest BCUT2D eigenvalue weighted by Crippen LogP contribution is -2.45. The van der Waals surface area contributed by atoms with Gasteiger partial charge in [-0.15, -0.1) is 0 Å². The van der Waals surface area contributed by atoms with E-state index in [1.807, 2.05) is 0 Å². The lowest BCUT2D eigenvalue weighted by molar-refractivity contribution is -0.136. The molecule has 0 radical (unpaired) electrons. The van der Waals surface area contributed by atoms with E-state index in [2.05, 4.69) is 10.6 Å². The molecule has 1 heterocycles. The fourth-order valence-corrected chi connectivity index (χ4v) is 2.29. The number of rotatable bonds is 2. The van der Waals surface area contributed by atoms with Crippen molar-refractivity contribution in [2.45, 2.75) is 13.0 Å². The highest BCUT2D eigenvalue weighted by molar-refractivity contribution is 7.80. The molecule has 0 bridgehead atoms. The first kappa shape index (κ1) is 14.4. The Labute approximate surface area is 119 Å². The molecule has 1 aliphatic heterocycles. The number of halogens is 2. The lowest BCUT2D eigenvalue weighted by atomic mass is 9.95. The van der Waals surface area contributed by atoms with Crippen LogP contribution in [-0.2, 0) is 9.53 Å². The monoisotopic (exact) mass is 298 g/mol. The second-order valence-electron chi connectivity index (χ2n) is 4.24. The van der Waals surface area contributed by atoms with E-state index in [1.54, 1.807) is 6.92 Å². The summed E-state index contributed by atoms with van der Waals surface area (Å²) in [5, 5.41) is 5.95. The third-order valence-corrected chi connectivity index (χ3v) is 3.17. The van der Waals surface area contributed by atoms with E-state index in [4.69, 9.17) is 17.0 Å². The number of allylic oxidation sites excluding steroid dienone is 1. The Hall–Kier alpha value is -2.02. The third-order valence-electron chi connectivity index (χ3n) is 2.95. The fraction of sp³-hybridized carbons (Fsp3) is 0.231. The van der Waals surface area contributed by atoms with Gasteiger partial charge in [-0.25, -0.2) is 13.6 Å². The number of nitrogens with one attached hydrogen (secondary N) is 2. The molecule has 1 atom stereocenters. The topological polar surface area (TPSA) is 50.4 Å². The normalized spacial score (nSPS) is 18.4. The van der Waals surface area contributed by atoms with E-state index in [9.17, 15) is 13.6 Å². The minimum Gasteiger partial charge on any atom is -0.466 e. The Morgan fingerprint density at radius 2 is 2.05 bits per heavy atom. The summed E-state index contributed by atoms with van der Waals surface area (Å²) >= 11 is 5.02. The molecule has 0 aromatic heterocycles. The lowest BCUT2D eigenvalue weighted by Gasteiger charge is -2.29. The first-order chi connectivity index (χ1) is 9.43. The number of methoxy groups -OCH3 is 1. The Bertz CT molecular complexity index is 616. The average molecular weight is 298 g/mol. The summed E-state index contributed by atoms with van der Waals surface area (Å²) in [5.41, 5.74) is 1.16. The molecule has 1 aromatic carbocycles. The van der Waals surface area contributed by atoms with Gasteiger partial charge in [0.2, 0.25) is 0 Å². The van der Waals surface area contributed by atoms with E-state index in [-0.39, 0.29) is 5.57 Å². The van der Waals surface area contributed by atoms with Gasteiger partial charge in [0.15, 0.2) is 16.7 Å². The van der Waals surface area contributed by atoms with Crippen LogP contribution in [0.1, 0.15) is 18.5 Å². The summed E-state index contributed by atoms with van der Waals surface area (Å²) in [4.78, 5) is 11.8. The zero-order valence-electron chi connectivity index (χ0n) is 10.8. The maximum Gasteiger partial charge on any atom is 0.337 e. The highest BCUT2D eigenvalue weighted by atomic mass is 32.1. The van der Waals surface area contributed by atoms with Gasteiger partial charge in [-0.2, -0.15) is 0 Å². The molecule has 0 spiro atoms. The van der Waals surface area contributed by atoms with Crippen molar-refractivity contribution in [2.75, 3.05) is 7.11 Å². The van der Waals surface area contributed by atoms with E-state index in [0.29, 0.717) is 16.4 Å². The van der Waals surface area contributed by atoms with Crippen LogP contribution < -0.4 is 10.6 Å². The number of esters is 1.